The molecule has 8 heteroatoms. The van der Waals surface area contributed by atoms with E-state index in [2.05, 4.69) is 15.4 Å². The summed E-state index contributed by atoms with van der Waals surface area (Å²) in [4.78, 5) is 37.9. The van der Waals surface area contributed by atoms with Crippen LogP contribution in [0.1, 0.15) is 48.4 Å². The van der Waals surface area contributed by atoms with Crippen molar-refractivity contribution in [1.82, 2.24) is 5.32 Å². The van der Waals surface area contributed by atoms with Gasteiger partial charge in [-0.05, 0) is 54.4 Å². The van der Waals surface area contributed by atoms with Gasteiger partial charge in [0.15, 0.2) is 0 Å². The van der Waals surface area contributed by atoms with E-state index >= 15 is 0 Å². The number of rotatable bonds is 7. The van der Waals surface area contributed by atoms with E-state index in [1.54, 1.807) is 18.2 Å². The number of halogens is 1. The summed E-state index contributed by atoms with van der Waals surface area (Å²) in [7, 11) is 1.29. The Labute approximate surface area is 183 Å². The molecule has 0 aliphatic rings. The first-order valence-corrected chi connectivity index (χ1v) is 10.4. The van der Waals surface area contributed by atoms with Gasteiger partial charge in [-0.3, -0.25) is 9.59 Å². The van der Waals surface area contributed by atoms with Crippen molar-refractivity contribution in [3.63, 3.8) is 0 Å². The number of ether oxygens (including phenoxy) is 1. The minimum Gasteiger partial charge on any atom is -0.465 e. The number of esters is 1. The van der Waals surface area contributed by atoms with Crippen molar-refractivity contribution in [2.75, 3.05) is 12.4 Å². The summed E-state index contributed by atoms with van der Waals surface area (Å²) in [5.41, 5.74) is 1.81. The summed E-state index contributed by atoms with van der Waals surface area (Å²) >= 11 is 1.33. The van der Waals surface area contributed by atoms with E-state index in [4.69, 9.17) is 0 Å². The quantitative estimate of drug-likeness (QED) is 0.533. The number of aryl methyl sites for hydroxylation is 1. The molecule has 0 fully saturated rings. The SMILES string of the molecule is CCc1cc(C(=O)NCc2ccc(F)cc2)c(NC(=O)c2ccc(C(=O)OC)cc2)s1. The molecule has 0 bridgehead atoms. The van der Waals surface area contributed by atoms with Gasteiger partial charge >= 0.3 is 5.97 Å². The monoisotopic (exact) mass is 440 g/mol. The average Bonchev–Trinajstić information content (AvgIpc) is 3.21. The van der Waals surface area contributed by atoms with Gasteiger partial charge < -0.3 is 15.4 Å². The van der Waals surface area contributed by atoms with Gasteiger partial charge in [-0.15, -0.1) is 11.3 Å². The molecule has 1 aromatic heterocycles. The standard InChI is InChI=1S/C23H21FN2O4S/c1-3-18-12-19(21(28)25-13-14-4-10-17(24)11-5-14)22(31-18)26-20(27)15-6-8-16(9-7-15)23(29)30-2/h4-12H,3,13H2,1-2H3,(H,25,28)(H,26,27). The molecular weight excluding hydrogens is 419 g/mol. The first kappa shape index (κ1) is 22.2. The number of anilines is 1. The molecule has 31 heavy (non-hydrogen) atoms. The van der Waals surface area contributed by atoms with Crippen LogP contribution in [0.3, 0.4) is 0 Å². The van der Waals surface area contributed by atoms with Gasteiger partial charge in [0.25, 0.3) is 11.8 Å². The van der Waals surface area contributed by atoms with Gasteiger partial charge in [0.2, 0.25) is 0 Å². The Kier molecular flexibility index (Phi) is 7.15. The Morgan fingerprint density at radius 1 is 0.968 bits per heavy atom. The van der Waals surface area contributed by atoms with Crippen LogP contribution in [0, 0.1) is 5.82 Å². The Bertz CT molecular complexity index is 1090. The molecule has 0 aliphatic heterocycles. The van der Waals surface area contributed by atoms with Gasteiger partial charge in [-0.25, -0.2) is 9.18 Å². The third-order valence-corrected chi connectivity index (χ3v) is 5.73. The van der Waals surface area contributed by atoms with E-state index in [-0.39, 0.29) is 18.3 Å². The Morgan fingerprint density at radius 2 is 1.61 bits per heavy atom. The summed E-state index contributed by atoms with van der Waals surface area (Å²) in [5, 5.41) is 6.02. The Morgan fingerprint density at radius 3 is 2.23 bits per heavy atom. The molecule has 0 saturated carbocycles. The van der Waals surface area contributed by atoms with Gasteiger partial charge in [-0.1, -0.05) is 19.1 Å². The normalized spacial score (nSPS) is 10.4. The van der Waals surface area contributed by atoms with E-state index in [1.807, 2.05) is 6.92 Å². The molecule has 2 N–H and O–H groups in total. The number of thiophene rings is 1. The van der Waals surface area contributed by atoms with Crippen molar-refractivity contribution in [2.24, 2.45) is 0 Å². The third kappa shape index (κ3) is 5.55. The fourth-order valence-electron chi connectivity index (χ4n) is 2.81. The molecule has 0 aliphatic carbocycles. The van der Waals surface area contributed by atoms with Crippen LogP contribution in [0.2, 0.25) is 0 Å². The van der Waals surface area contributed by atoms with Gasteiger partial charge in [0, 0.05) is 17.0 Å². The van der Waals surface area contributed by atoms with E-state index in [9.17, 15) is 18.8 Å². The highest BCUT2D eigenvalue weighted by Crippen LogP contribution is 2.29. The number of amides is 2. The van der Waals surface area contributed by atoms with E-state index in [0.717, 1.165) is 10.4 Å². The predicted octanol–water partition coefficient (Wildman–Crippen LogP) is 4.42. The minimum absolute atomic E-state index is 0.235. The maximum absolute atomic E-state index is 13.0. The number of carbonyl (C=O) groups excluding carboxylic acids is 3. The fourth-order valence-corrected chi connectivity index (χ4v) is 3.80. The first-order chi connectivity index (χ1) is 14.9. The lowest BCUT2D eigenvalue weighted by atomic mass is 10.1. The first-order valence-electron chi connectivity index (χ1n) is 9.56. The number of carbonyl (C=O) groups is 3. The molecule has 0 spiro atoms. The number of benzene rings is 2. The molecule has 0 saturated heterocycles. The molecule has 6 nitrogen and oxygen atoms in total. The lowest BCUT2D eigenvalue weighted by Crippen LogP contribution is -2.24. The highest BCUT2D eigenvalue weighted by atomic mass is 32.1. The Hall–Kier alpha value is -3.52. The molecule has 0 atom stereocenters. The molecule has 2 amide bonds. The zero-order valence-electron chi connectivity index (χ0n) is 17.0. The average molecular weight is 440 g/mol. The lowest BCUT2D eigenvalue weighted by Gasteiger charge is -2.08. The molecule has 3 aromatic rings. The minimum atomic E-state index is -0.488. The van der Waals surface area contributed by atoms with Gasteiger partial charge in [-0.2, -0.15) is 0 Å². The van der Waals surface area contributed by atoms with Crippen molar-refractivity contribution in [2.45, 2.75) is 19.9 Å². The molecule has 160 valence electrons. The second-order valence-electron chi connectivity index (χ2n) is 6.64. The second-order valence-corrected chi connectivity index (χ2v) is 7.78. The highest BCUT2D eigenvalue weighted by molar-refractivity contribution is 7.16. The van der Waals surface area contributed by atoms with E-state index in [0.29, 0.717) is 28.1 Å². The molecular formula is C23H21FN2O4S. The smallest absolute Gasteiger partial charge is 0.337 e. The van der Waals surface area contributed by atoms with Crippen LogP contribution in [0.5, 0.6) is 0 Å². The number of methoxy groups -OCH3 is 1. The summed E-state index contributed by atoms with van der Waals surface area (Å²) in [6.07, 6.45) is 0.715. The van der Waals surface area contributed by atoms with Crippen LogP contribution >= 0.6 is 11.3 Å². The van der Waals surface area contributed by atoms with Crippen LogP contribution in [0.4, 0.5) is 9.39 Å². The lowest BCUT2D eigenvalue weighted by molar-refractivity contribution is 0.0600. The maximum atomic E-state index is 13.0. The van der Waals surface area contributed by atoms with Crippen molar-refractivity contribution < 1.29 is 23.5 Å². The van der Waals surface area contributed by atoms with Crippen LogP contribution < -0.4 is 10.6 Å². The zero-order valence-corrected chi connectivity index (χ0v) is 17.8. The van der Waals surface area contributed by atoms with Gasteiger partial charge in [0.05, 0.1) is 18.2 Å². The van der Waals surface area contributed by atoms with Crippen LogP contribution in [-0.4, -0.2) is 24.9 Å². The van der Waals surface area contributed by atoms with E-state index < -0.39 is 11.9 Å². The molecule has 0 unspecified atom stereocenters. The van der Waals surface area contributed by atoms with Crippen LogP contribution in [0.15, 0.2) is 54.6 Å². The van der Waals surface area contributed by atoms with Crippen LogP contribution in [0.25, 0.3) is 0 Å². The summed E-state index contributed by atoms with van der Waals surface area (Å²) in [6.45, 7) is 2.20. The van der Waals surface area contributed by atoms with Gasteiger partial charge in [0.1, 0.15) is 10.8 Å². The number of hydrogen-bond acceptors (Lipinski definition) is 5. The third-order valence-electron chi connectivity index (χ3n) is 4.54. The molecule has 2 aromatic carbocycles. The predicted molar refractivity (Wildman–Crippen MR) is 117 cm³/mol. The van der Waals surface area contributed by atoms with E-state index in [1.165, 1.54) is 54.8 Å². The second kappa shape index (κ2) is 9.99. The summed E-state index contributed by atoms with van der Waals surface area (Å²) < 4.78 is 17.7. The molecule has 0 radical (unpaired) electrons. The molecule has 1 heterocycles. The van der Waals surface area contributed by atoms with Crippen molar-refractivity contribution in [3.8, 4) is 0 Å². The topological polar surface area (TPSA) is 84.5 Å². The largest absolute Gasteiger partial charge is 0.465 e. The zero-order chi connectivity index (χ0) is 22.4. The van der Waals surface area contributed by atoms with Crippen molar-refractivity contribution in [1.29, 1.82) is 0 Å². The highest BCUT2D eigenvalue weighted by Gasteiger charge is 2.18. The summed E-state index contributed by atoms with van der Waals surface area (Å²) in [6, 6.07) is 13.7. The van der Waals surface area contributed by atoms with Crippen molar-refractivity contribution in [3.05, 3.63) is 87.5 Å². The maximum Gasteiger partial charge on any atom is 0.337 e. The Balaban J connectivity index is 1.73. The van der Waals surface area contributed by atoms with Crippen molar-refractivity contribution >= 4 is 34.1 Å². The molecule has 3 rings (SSSR count). The number of nitrogens with one attached hydrogen (secondary N) is 2. The van der Waals surface area contributed by atoms with Crippen LogP contribution in [-0.2, 0) is 17.7 Å². The fraction of sp³-hybridized carbons (Fsp3) is 0.174. The summed E-state index contributed by atoms with van der Waals surface area (Å²) in [5.74, 6) is -1.56. The number of hydrogen-bond donors (Lipinski definition) is 2.